The van der Waals surface area contributed by atoms with Crippen molar-refractivity contribution in [2.45, 2.75) is 12.7 Å². The molecule has 116 valence electrons. The smallest absolute Gasteiger partial charge is 0.387 e. The van der Waals surface area contributed by atoms with Gasteiger partial charge in [0.2, 0.25) is 0 Å². The van der Waals surface area contributed by atoms with E-state index in [1.807, 2.05) is 0 Å². The molecular weight excluding hydrogens is 296 g/mol. The molecule has 0 radical (unpaired) electrons. The Labute approximate surface area is 124 Å². The fourth-order valence-corrected chi connectivity index (χ4v) is 2.29. The quantitative estimate of drug-likeness (QED) is 0.897. The van der Waals surface area contributed by atoms with Gasteiger partial charge in [0.15, 0.2) is 0 Å². The Balaban J connectivity index is 1.87. The Morgan fingerprint density at radius 3 is 2.91 bits per heavy atom. The molecule has 1 aromatic carbocycles. The molecule has 6 nitrogen and oxygen atoms in total. The predicted molar refractivity (Wildman–Crippen MR) is 72.6 cm³/mol. The maximum atomic E-state index is 12.3. The van der Waals surface area contributed by atoms with Gasteiger partial charge in [-0.25, -0.2) is 0 Å². The summed E-state index contributed by atoms with van der Waals surface area (Å²) in [6, 6.07) is 6.02. The maximum Gasteiger partial charge on any atom is 0.387 e. The lowest BCUT2D eigenvalue weighted by Crippen LogP contribution is -2.53. The number of amides is 1. The molecule has 8 heteroatoms. The van der Waals surface area contributed by atoms with Gasteiger partial charge in [-0.3, -0.25) is 9.89 Å². The second-order valence-corrected chi connectivity index (χ2v) is 4.93. The Kier molecular flexibility index (Phi) is 3.76. The van der Waals surface area contributed by atoms with Crippen LogP contribution in [-0.2, 0) is 0 Å². The van der Waals surface area contributed by atoms with Gasteiger partial charge < -0.3 is 14.7 Å². The van der Waals surface area contributed by atoms with E-state index in [4.69, 9.17) is 0 Å². The average Bonchev–Trinajstić information content (AvgIpc) is 2.92. The summed E-state index contributed by atoms with van der Waals surface area (Å²) in [5.41, 5.74) is 1.26. The molecule has 2 heterocycles. The Morgan fingerprint density at radius 1 is 1.45 bits per heavy atom. The molecule has 3 rings (SSSR count). The number of carbonyl (C=O) groups is 1. The molecule has 1 fully saturated rings. The van der Waals surface area contributed by atoms with Crippen molar-refractivity contribution in [3.05, 3.63) is 36.0 Å². The summed E-state index contributed by atoms with van der Waals surface area (Å²) in [5.74, 6) is -0.269. The van der Waals surface area contributed by atoms with Gasteiger partial charge in [-0.15, -0.1) is 0 Å². The van der Waals surface area contributed by atoms with Crippen molar-refractivity contribution in [3.63, 3.8) is 0 Å². The predicted octanol–water partition coefficient (Wildman–Crippen LogP) is 1.49. The van der Waals surface area contributed by atoms with Gasteiger partial charge in [0, 0.05) is 18.7 Å². The molecule has 0 aliphatic carbocycles. The monoisotopic (exact) mass is 309 g/mol. The molecule has 2 aromatic rings. The van der Waals surface area contributed by atoms with Crippen LogP contribution in [0.1, 0.15) is 10.4 Å². The highest BCUT2D eigenvalue weighted by molar-refractivity contribution is 6.00. The minimum absolute atomic E-state index is 0.000119. The second-order valence-electron chi connectivity index (χ2n) is 4.93. The molecule has 1 aromatic heterocycles. The molecule has 22 heavy (non-hydrogen) atoms. The van der Waals surface area contributed by atoms with Crippen molar-refractivity contribution in [1.29, 1.82) is 0 Å². The number of ether oxygens (including phenoxy) is 1. The first-order chi connectivity index (χ1) is 10.5. The van der Waals surface area contributed by atoms with Crippen LogP contribution in [0.15, 0.2) is 30.5 Å². The zero-order valence-electron chi connectivity index (χ0n) is 11.4. The van der Waals surface area contributed by atoms with E-state index in [1.54, 1.807) is 12.1 Å². The zero-order valence-corrected chi connectivity index (χ0v) is 11.4. The number of nitrogens with one attached hydrogen (secondary N) is 1. The third kappa shape index (κ3) is 2.77. The van der Waals surface area contributed by atoms with E-state index < -0.39 is 12.7 Å². The number of aromatic amines is 1. The van der Waals surface area contributed by atoms with Gasteiger partial charge in [-0.1, -0.05) is 12.1 Å². The van der Waals surface area contributed by atoms with Crippen LogP contribution in [0.3, 0.4) is 0 Å². The van der Waals surface area contributed by atoms with E-state index in [2.05, 4.69) is 14.9 Å². The fraction of sp³-hybridized carbons (Fsp3) is 0.286. The molecule has 0 unspecified atom stereocenters. The molecule has 0 atom stereocenters. The van der Waals surface area contributed by atoms with Crippen molar-refractivity contribution < 1.29 is 23.4 Å². The summed E-state index contributed by atoms with van der Waals surface area (Å²) < 4.78 is 28.9. The minimum atomic E-state index is -2.92. The molecule has 1 aliphatic heterocycles. The molecule has 0 bridgehead atoms. The van der Waals surface area contributed by atoms with E-state index in [1.165, 1.54) is 23.2 Å². The Morgan fingerprint density at radius 2 is 2.23 bits per heavy atom. The summed E-state index contributed by atoms with van der Waals surface area (Å²) >= 11 is 0. The number of aliphatic hydroxyl groups is 1. The number of likely N-dealkylation sites (tertiary alicyclic amines) is 1. The number of hydrogen-bond donors (Lipinski definition) is 2. The minimum Gasteiger partial charge on any atom is -0.435 e. The first-order valence-electron chi connectivity index (χ1n) is 6.60. The van der Waals surface area contributed by atoms with Crippen LogP contribution in [0.2, 0.25) is 0 Å². The van der Waals surface area contributed by atoms with Crippen LogP contribution in [-0.4, -0.2) is 51.9 Å². The number of alkyl halides is 2. The molecular formula is C14H13F2N3O3. The lowest BCUT2D eigenvalue weighted by Gasteiger charge is -2.35. The number of aliphatic hydroxyl groups excluding tert-OH is 1. The molecule has 1 aliphatic rings. The van der Waals surface area contributed by atoms with Crippen molar-refractivity contribution >= 4 is 5.91 Å². The van der Waals surface area contributed by atoms with Gasteiger partial charge in [0.25, 0.3) is 5.91 Å². The summed E-state index contributed by atoms with van der Waals surface area (Å²) in [4.78, 5) is 13.8. The lowest BCUT2D eigenvalue weighted by atomic mass is 10.0. The summed E-state index contributed by atoms with van der Waals surface area (Å²) in [5, 5.41) is 15.8. The molecule has 0 spiro atoms. The number of carbonyl (C=O) groups excluding carboxylic acids is 1. The maximum absolute atomic E-state index is 12.3. The van der Waals surface area contributed by atoms with Crippen molar-refractivity contribution in [2.24, 2.45) is 0 Å². The number of nitrogens with zero attached hydrogens (tertiary/aromatic N) is 2. The number of β-amino-alcohol motifs (C(OH)–C–C–N with tert-alkyl or cyclic N) is 1. The molecule has 0 saturated carbocycles. The average molecular weight is 309 g/mol. The van der Waals surface area contributed by atoms with Gasteiger partial charge in [0.1, 0.15) is 5.75 Å². The summed E-state index contributed by atoms with van der Waals surface area (Å²) in [6.07, 6.45) is 0.880. The normalized spacial score (nSPS) is 15.0. The fourth-order valence-electron chi connectivity index (χ4n) is 2.29. The second kappa shape index (κ2) is 5.72. The molecule has 1 amide bonds. The SMILES string of the molecule is O=C(c1cn[nH]c1-c1cccc(OC(F)F)c1)N1CC(O)C1. The van der Waals surface area contributed by atoms with Crippen molar-refractivity contribution in [3.8, 4) is 17.0 Å². The van der Waals surface area contributed by atoms with Crippen molar-refractivity contribution in [2.75, 3.05) is 13.1 Å². The summed E-state index contributed by atoms with van der Waals surface area (Å²) in [7, 11) is 0. The van der Waals surface area contributed by atoms with Crippen LogP contribution >= 0.6 is 0 Å². The van der Waals surface area contributed by atoms with Crippen molar-refractivity contribution in [1.82, 2.24) is 15.1 Å². The highest BCUT2D eigenvalue weighted by atomic mass is 19.3. The molecule has 2 N–H and O–H groups in total. The largest absolute Gasteiger partial charge is 0.435 e. The lowest BCUT2D eigenvalue weighted by molar-refractivity contribution is -0.0498. The Hall–Kier alpha value is -2.48. The van der Waals surface area contributed by atoms with Gasteiger partial charge in [0.05, 0.1) is 23.6 Å². The number of hydrogen-bond acceptors (Lipinski definition) is 4. The van der Waals surface area contributed by atoms with Crippen LogP contribution in [0.25, 0.3) is 11.3 Å². The van der Waals surface area contributed by atoms with Gasteiger partial charge in [-0.05, 0) is 12.1 Å². The number of benzene rings is 1. The highest BCUT2D eigenvalue weighted by Crippen LogP contribution is 2.27. The van der Waals surface area contributed by atoms with Crippen LogP contribution in [0, 0.1) is 0 Å². The first-order valence-corrected chi connectivity index (χ1v) is 6.60. The Bertz CT molecular complexity index is 683. The van der Waals surface area contributed by atoms with E-state index in [0.717, 1.165) is 0 Å². The van der Waals surface area contributed by atoms with E-state index in [-0.39, 0.29) is 24.7 Å². The van der Waals surface area contributed by atoms with Gasteiger partial charge in [-0.2, -0.15) is 13.9 Å². The van der Waals surface area contributed by atoms with Crippen LogP contribution < -0.4 is 4.74 Å². The number of halogens is 2. The number of aromatic nitrogens is 2. The van der Waals surface area contributed by atoms with E-state index >= 15 is 0 Å². The number of H-pyrrole nitrogens is 1. The zero-order chi connectivity index (χ0) is 15.7. The van der Waals surface area contributed by atoms with Gasteiger partial charge >= 0.3 is 6.61 Å². The molecule has 1 saturated heterocycles. The third-order valence-electron chi connectivity index (χ3n) is 3.37. The van der Waals surface area contributed by atoms with Crippen LogP contribution in [0.4, 0.5) is 8.78 Å². The topological polar surface area (TPSA) is 78.5 Å². The summed E-state index contributed by atoms with van der Waals surface area (Å²) in [6.45, 7) is -2.36. The standard InChI is InChI=1S/C14H13F2N3O3/c15-14(16)22-10-3-1-2-8(4-10)12-11(5-17-18-12)13(21)19-6-9(20)7-19/h1-5,9,14,20H,6-7H2,(H,17,18). The van der Waals surface area contributed by atoms with E-state index in [0.29, 0.717) is 16.8 Å². The number of rotatable bonds is 4. The van der Waals surface area contributed by atoms with E-state index in [9.17, 15) is 18.7 Å². The third-order valence-corrected chi connectivity index (χ3v) is 3.37. The first kappa shape index (κ1) is 14.5. The highest BCUT2D eigenvalue weighted by Gasteiger charge is 2.31. The van der Waals surface area contributed by atoms with Crippen LogP contribution in [0.5, 0.6) is 5.75 Å².